The van der Waals surface area contributed by atoms with E-state index in [1.807, 2.05) is 0 Å². The first kappa shape index (κ1) is 11.6. The van der Waals surface area contributed by atoms with Gasteiger partial charge in [0.2, 0.25) is 0 Å². The Morgan fingerprint density at radius 3 is 2.65 bits per heavy atom. The van der Waals surface area contributed by atoms with Crippen molar-refractivity contribution in [1.29, 1.82) is 0 Å². The van der Waals surface area contributed by atoms with Crippen LogP contribution < -0.4 is 5.32 Å². The van der Waals surface area contributed by atoms with E-state index in [0.29, 0.717) is 11.5 Å². The third-order valence-electron chi connectivity index (χ3n) is 4.52. The van der Waals surface area contributed by atoms with Crippen molar-refractivity contribution in [1.82, 2.24) is 5.32 Å². The molecule has 0 aromatic heterocycles. The fourth-order valence-corrected chi connectivity index (χ4v) is 4.71. The van der Waals surface area contributed by atoms with Crippen molar-refractivity contribution in [3.05, 3.63) is 35.9 Å². The zero-order chi connectivity index (χ0) is 11.6. The summed E-state index contributed by atoms with van der Waals surface area (Å²) in [6.07, 6.45) is 5.45. The van der Waals surface area contributed by atoms with Gasteiger partial charge in [0.05, 0.1) is 0 Å². The highest BCUT2D eigenvalue weighted by Gasteiger charge is 2.42. The van der Waals surface area contributed by atoms with E-state index in [9.17, 15) is 0 Å². The van der Waals surface area contributed by atoms with Crippen molar-refractivity contribution in [2.75, 3.05) is 18.1 Å². The van der Waals surface area contributed by atoms with Crippen LogP contribution in [0.5, 0.6) is 0 Å². The molecule has 1 aromatic carbocycles. The molecule has 0 saturated carbocycles. The van der Waals surface area contributed by atoms with E-state index in [-0.39, 0.29) is 0 Å². The van der Waals surface area contributed by atoms with Crippen LogP contribution in [0.3, 0.4) is 0 Å². The van der Waals surface area contributed by atoms with E-state index in [1.54, 1.807) is 0 Å². The first-order chi connectivity index (χ1) is 8.39. The second-order valence-corrected chi connectivity index (χ2v) is 6.65. The minimum atomic E-state index is 0.612. The Morgan fingerprint density at radius 2 is 1.88 bits per heavy atom. The molecule has 92 valence electrons. The Labute approximate surface area is 108 Å². The number of thioether (sulfide) groups is 1. The van der Waals surface area contributed by atoms with Crippen molar-refractivity contribution in [2.24, 2.45) is 5.41 Å². The maximum Gasteiger partial charge on any atom is 0.0165 e. The molecule has 2 fully saturated rings. The monoisotopic (exact) mass is 247 g/mol. The first-order valence-corrected chi connectivity index (χ1v) is 7.90. The number of benzene rings is 1. The van der Waals surface area contributed by atoms with Crippen molar-refractivity contribution in [3.8, 4) is 0 Å². The summed E-state index contributed by atoms with van der Waals surface area (Å²) < 4.78 is 0. The summed E-state index contributed by atoms with van der Waals surface area (Å²) >= 11 is 2.14. The largest absolute Gasteiger partial charge is 0.313 e. The van der Waals surface area contributed by atoms with E-state index >= 15 is 0 Å². The summed E-state index contributed by atoms with van der Waals surface area (Å²) in [7, 11) is 0. The zero-order valence-corrected chi connectivity index (χ0v) is 11.1. The fourth-order valence-electron chi connectivity index (χ4n) is 3.40. The molecule has 2 aliphatic heterocycles. The van der Waals surface area contributed by atoms with Crippen LogP contribution in [0.25, 0.3) is 0 Å². The summed E-state index contributed by atoms with van der Waals surface area (Å²) in [5.74, 6) is 2.74. The highest BCUT2D eigenvalue weighted by atomic mass is 32.2. The smallest absolute Gasteiger partial charge is 0.0165 e. The van der Waals surface area contributed by atoms with Gasteiger partial charge in [0.15, 0.2) is 0 Å². The molecule has 0 bridgehead atoms. The van der Waals surface area contributed by atoms with Gasteiger partial charge in [0.25, 0.3) is 0 Å². The number of rotatable bonds is 2. The first-order valence-electron chi connectivity index (χ1n) is 6.74. The Morgan fingerprint density at radius 1 is 1.12 bits per heavy atom. The number of hydrogen-bond donors (Lipinski definition) is 1. The van der Waals surface area contributed by atoms with Gasteiger partial charge in [-0.3, -0.25) is 0 Å². The summed E-state index contributed by atoms with van der Waals surface area (Å²) in [5.41, 5.74) is 2.10. The normalized spacial score (nSPS) is 27.4. The summed E-state index contributed by atoms with van der Waals surface area (Å²) in [5, 5.41) is 3.76. The third-order valence-corrected chi connectivity index (χ3v) is 5.51. The van der Waals surface area contributed by atoms with Gasteiger partial charge in [-0.25, -0.2) is 0 Å². The van der Waals surface area contributed by atoms with Gasteiger partial charge in [-0.2, -0.15) is 11.8 Å². The van der Waals surface area contributed by atoms with Gasteiger partial charge in [-0.1, -0.05) is 30.3 Å². The second kappa shape index (κ2) is 5.03. The molecular weight excluding hydrogens is 226 g/mol. The SMILES string of the molecule is c1ccc(CC2NCCC23CCSCC3)cc1. The highest BCUT2D eigenvalue weighted by molar-refractivity contribution is 7.99. The lowest BCUT2D eigenvalue weighted by atomic mass is 9.73. The van der Waals surface area contributed by atoms with Gasteiger partial charge >= 0.3 is 0 Å². The predicted molar refractivity (Wildman–Crippen MR) is 75.5 cm³/mol. The lowest BCUT2D eigenvalue weighted by Gasteiger charge is -2.38. The van der Waals surface area contributed by atoms with Crippen LogP contribution in [0.2, 0.25) is 0 Å². The topological polar surface area (TPSA) is 12.0 Å². The lowest BCUT2D eigenvalue weighted by Crippen LogP contribution is -2.41. The Kier molecular flexibility index (Phi) is 3.44. The van der Waals surface area contributed by atoms with Gasteiger partial charge in [-0.15, -0.1) is 0 Å². The molecule has 0 aliphatic carbocycles. The minimum Gasteiger partial charge on any atom is -0.313 e. The zero-order valence-electron chi connectivity index (χ0n) is 10.3. The van der Waals surface area contributed by atoms with E-state index in [1.165, 1.54) is 49.3 Å². The van der Waals surface area contributed by atoms with E-state index in [4.69, 9.17) is 0 Å². The molecular formula is C15H21NS. The van der Waals surface area contributed by atoms with Crippen LogP contribution in [0.1, 0.15) is 24.8 Å². The Balaban J connectivity index is 1.73. The summed E-state index contributed by atoms with van der Waals surface area (Å²) in [6, 6.07) is 11.7. The lowest BCUT2D eigenvalue weighted by molar-refractivity contribution is 0.223. The van der Waals surface area contributed by atoms with Gasteiger partial charge in [0, 0.05) is 6.04 Å². The van der Waals surface area contributed by atoms with Crippen molar-refractivity contribution >= 4 is 11.8 Å². The van der Waals surface area contributed by atoms with Gasteiger partial charge in [0.1, 0.15) is 0 Å². The summed E-state index contributed by atoms with van der Waals surface area (Å²) in [4.78, 5) is 0. The maximum absolute atomic E-state index is 3.76. The molecule has 0 radical (unpaired) electrons. The van der Waals surface area contributed by atoms with Crippen molar-refractivity contribution in [2.45, 2.75) is 31.7 Å². The molecule has 1 aromatic rings. The van der Waals surface area contributed by atoms with Crippen LogP contribution in [0.4, 0.5) is 0 Å². The fraction of sp³-hybridized carbons (Fsp3) is 0.600. The molecule has 17 heavy (non-hydrogen) atoms. The highest BCUT2D eigenvalue weighted by Crippen LogP contribution is 2.44. The molecule has 2 aliphatic rings. The second-order valence-electron chi connectivity index (χ2n) is 5.42. The van der Waals surface area contributed by atoms with E-state index in [0.717, 1.165) is 0 Å². The quantitative estimate of drug-likeness (QED) is 0.862. The van der Waals surface area contributed by atoms with Crippen LogP contribution in [0, 0.1) is 5.41 Å². The van der Waals surface area contributed by atoms with E-state index < -0.39 is 0 Å². The third kappa shape index (κ3) is 2.38. The summed E-state index contributed by atoms with van der Waals surface area (Å²) in [6.45, 7) is 1.22. The number of hydrogen-bond acceptors (Lipinski definition) is 2. The Hall–Kier alpha value is -0.470. The van der Waals surface area contributed by atoms with Gasteiger partial charge in [-0.05, 0) is 54.7 Å². The van der Waals surface area contributed by atoms with Crippen LogP contribution in [-0.4, -0.2) is 24.1 Å². The molecule has 1 nitrogen and oxygen atoms in total. The molecule has 1 spiro atoms. The van der Waals surface area contributed by atoms with Crippen LogP contribution in [0.15, 0.2) is 30.3 Å². The molecule has 3 rings (SSSR count). The van der Waals surface area contributed by atoms with Crippen molar-refractivity contribution < 1.29 is 0 Å². The van der Waals surface area contributed by atoms with E-state index in [2.05, 4.69) is 47.4 Å². The average Bonchev–Trinajstić information content (AvgIpc) is 2.74. The molecule has 0 amide bonds. The molecule has 1 unspecified atom stereocenters. The number of nitrogens with one attached hydrogen (secondary N) is 1. The molecule has 2 heterocycles. The minimum absolute atomic E-state index is 0.612. The van der Waals surface area contributed by atoms with Crippen molar-refractivity contribution in [3.63, 3.8) is 0 Å². The predicted octanol–water partition coefficient (Wildman–Crippen LogP) is 3.10. The molecule has 2 heteroatoms. The standard InChI is InChI=1S/C15H21NS/c1-2-4-13(5-3-1)12-14-15(6-9-16-14)7-10-17-11-8-15/h1-5,14,16H,6-12H2. The molecule has 2 saturated heterocycles. The van der Waals surface area contributed by atoms with Crippen LogP contribution >= 0.6 is 11.8 Å². The molecule has 1 N–H and O–H groups in total. The van der Waals surface area contributed by atoms with Crippen LogP contribution in [-0.2, 0) is 6.42 Å². The maximum atomic E-state index is 3.76. The van der Waals surface area contributed by atoms with Gasteiger partial charge < -0.3 is 5.32 Å². The Bertz CT molecular complexity index is 356. The molecule has 1 atom stereocenters. The average molecular weight is 247 g/mol.